The number of phenols is 1. The molecule has 0 unspecified atom stereocenters. The van der Waals surface area contributed by atoms with Crippen LogP contribution in [-0.2, 0) is 0 Å². The van der Waals surface area contributed by atoms with Crippen molar-refractivity contribution in [2.24, 2.45) is 5.10 Å². The maximum Gasteiger partial charge on any atom is 0.271 e. The smallest absolute Gasteiger partial charge is 0.271 e. The number of carbonyl (C=O) groups excluding carboxylic acids is 1. The Bertz CT molecular complexity index is 977. The van der Waals surface area contributed by atoms with Gasteiger partial charge in [0.25, 0.3) is 5.91 Å². The van der Waals surface area contributed by atoms with E-state index >= 15 is 0 Å². The van der Waals surface area contributed by atoms with Gasteiger partial charge in [0.2, 0.25) is 0 Å². The molecule has 0 fully saturated rings. The van der Waals surface area contributed by atoms with Gasteiger partial charge < -0.3 is 15.1 Å². The zero-order valence-electron chi connectivity index (χ0n) is 11.6. The van der Waals surface area contributed by atoms with Crippen molar-refractivity contribution in [3.05, 3.63) is 56.8 Å². The second-order valence-corrected chi connectivity index (χ2v) is 6.01. The average molecular weight is 391 g/mol. The fourth-order valence-corrected chi connectivity index (χ4v) is 2.62. The Labute approximate surface area is 144 Å². The van der Waals surface area contributed by atoms with E-state index < -0.39 is 0 Å². The van der Waals surface area contributed by atoms with Gasteiger partial charge in [0.05, 0.1) is 21.7 Å². The van der Waals surface area contributed by atoms with Gasteiger partial charge in [-0.3, -0.25) is 4.79 Å². The van der Waals surface area contributed by atoms with Crippen LogP contribution in [0.5, 0.6) is 5.75 Å². The first-order valence-corrected chi connectivity index (χ1v) is 7.77. The highest BCUT2D eigenvalue weighted by Crippen LogP contribution is 2.23. The quantitative estimate of drug-likeness (QED) is 0.313. The van der Waals surface area contributed by atoms with Crippen molar-refractivity contribution in [3.8, 4) is 5.75 Å². The van der Waals surface area contributed by atoms with E-state index in [2.05, 4.69) is 36.4 Å². The second-order valence-electron chi connectivity index (χ2n) is 4.75. The number of aromatic amines is 2. The number of nitrogens with zero attached hydrogens (tertiary/aromatic N) is 1. The second kappa shape index (κ2) is 6.35. The molecule has 0 saturated heterocycles. The Morgan fingerprint density at radius 3 is 2.78 bits per heavy atom. The van der Waals surface area contributed by atoms with Crippen molar-refractivity contribution in [1.82, 2.24) is 15.4 Å². The third-order valence-corrected chi connectivity index (χ3v) is 3.97. The number of phenolic OH excluding ortho intramolecular Hbond substituents is 1. The number of hydrazone groups is 1. The molecule has 0 aliphatic carbocycles. The highest BCUT2D eigenvalue weighted by Gasteiger charge is 2.06. The number of hydrogen-bond donors (Lipinski definition) is 4. The fraction of sp³-hybridized carbons (Fsp3) is 0. The van der Waals surface area contributed by atoms with Crippen molar-refractivity contribution in [3.63, 3.8) is 0 Å². The van der Waals surface area contributed by atoms with Crippen molar-refractivity contribution in [2.45, 2.75) is 0 Å². The zero-order valence-corrected chi connectivity index (χ0v) is 14.0. The molecule has 23 heavy (non-hydrogen) atoms. The normalized spacial score (nSPS) is 11.2. The van der Waals surface area contributed by atoms with Crippen LogP contribution in [0.3, 0.4) is 0 Å². The van der Waals surface area contributed by atoms with Crippen molar-refractivity contribution in [1.29, 1.82) is 0 Å². The Balaban J connectivity index is 1.73. The number of aromatic nitrogens is 2. The summed E-state index contributed by atoms with van der Waals surface area (Å²) in [6.07, 6.45) is 1.49. The number of aromatic hydroxyl groups is 1. The van der Waals surface area contributed by atoms with Crippen LogP contribution in [-0.4, -0.2) is 27.2 Å². The molecule has 0 atom stereocenters. The van der Waals surface area contributed by atoms with E-state index in [0.29, 0.717) is 14.8 Å². The average Bonchev–Trinajstić information content (AvgIpc) is 2.89. The number of imidazole rings is 1. The summed E-state index contributed by atoms with van der Waals surface area (Å²) in [5.41, 5.74) is 5.25. The minimum absolute atomic E-state index is 0.142. The van der Waals surface area contributed by atoms with E-state index in [4.69, 9.17) is 12.2 Å². The van der Waals surface area contributed by atoms with Crippen molar-refractivity contribution in [2.75, 3.05) is 0 Å². The van der Waals surface area contributed by atoms with Crippen LogP contribution in [0.15, 0.2) is 46.0 Å². The lowest BCUT2D eigenvalue weighted by Crippen LogP contribution is -2.17. The van der Waals surface area contributed by atoms with Crippen molar-refractivity contribution >= 4 is 51.3 Å². The molecule has 3 aromatic rings. The van der Waals surface area contributed by atoms with Gasteiger partial charge in [-0.15, -0.1) is 0 Å². The third-order valence-electron chi connectivity index (χ3n) is 3.13. The van der Waals surface area contributed by atoms with Gasteiger partial charge in [0, 0.05) is 5.56 Å². The molecular weight excluding hydrogens is 380 g/mol. The van der Waals surface area contributed by atoms with E-state index in [1.807, 2.05) is 0 Å². The maximum absolute atomic E-state index is 12.1. The minimum atomic E-state index is -0.332. The Kier molecular flexibility index (Phi) is 4.26. The fourth-order valence-electron chi connectivity index (χ4n) is 2.01. The number of fused-ring (bicyclic) bond motifs is 1. The number of hydrogen-bond acceptors (Lipinski definition) is 4. The summed E-state index contributed by atoms with van der Waals surface area (Å²) in [6.45, 7) is 0. The monoisotopic (exact) mass is 390 g/mol. The van der Waals surface area contributed by atoms with Crippen LogP contribution in [0, 0.1) is 4.77 Å². The summed E-state index contributed by atoms with van der Waals surface area (Å²) in [7, 11) is 0. The van der Waals surface area contributed by atoms with Gasteiger partial charge >= 0.3 is 0 Å². The van der Waals surface area contributed by atoms with Gasteiger partial charge in [-0.05, 0) is 70.1 Å². The van der Waals surface area contributed by atoms with Crippen LogP contribution >= 0.6 is 28.1 Å². The van der Waals surface area contributed by atoms with Gasteiger partial charge in [0.1, 0.15) is 5.75 Å². The standard InChI is InChI=1S/C15H11BrN4O2S/c16-10-5-8(1-4-13(10)21)7-17-20-14(22)9-2-3-11-12(6-9)19-15(23)18-11/h1-7,21H,(H,20,22)(H2,18,19,23)/b17-7-. The molecule has 8 heteroatoms. The van der Waals surface area contributed by atoms with E-state index in [0.717, 1.165) is 16.6 Å². The molecule has 0 radical (unpaired) electrons. The molecule has 116 valence electrons. The molecule has 1 aromatic heterocycles. The van der Waals surface area contributed by atoms with E-state index in [1.165, 1.54) is 12.3 Å². The number of rotatable bonds is 3. The molecule has 0 aliphatic heterocycles. The summed E-state index contributed by atoms with van der Waals surface area (Å²) >= 11 is 8.22. The van der Waals surface area contributed by atoms with Gasteiger partial charge in [-0.2, -0.15) is 5.10 Å². The first-order valence-electron chi connectivity index (χ1n) is 6.57. The summed E-state index contributed by atoms with van der Waals surface area (Å²) in [6, 6.07) is 10.1. The minimum Gasteiger partial charge on any atom is -0.507 e. The molecule has 3 rings (SSSR count). The summed E-state index contributed by atoms with van der Waals surface area (Å²) in [4.78, 5) is 18.0. The highest BCUT2D eigenvalue weighted by molar-refractivity contribution is 9.10. The summed E-state index contributed by atoms with van der Waals surface area (Å²) in [5, 5.41) is 13.3. The van der Waals surface area contributed by atoms with E-state index in [9.17, 15) is 9.90 Å². The molecule has 0 spiro atoms. The predicted molar refractivity (Wildman–Crippen MR) is 94.4 cm³/mol. The van der Waals surface area contributed by atoms with Crippen LogP contribution in [0.2, 0.25) is 0 Å². The molecular formula is C15H11BrN4O2S. The first-order chi connectivity index (χ1) is 11.0. The lowest BCUT2D eigenvalue weighted by atomic mass is 10.2. The van der Waals surface area contributed by atoms with Crippen LogP contribution in [0.4, 0.5) is 0 Å². The molecule has 0 aliphatic rings. The molecule has 4 N–H and O–H groups in total. The van der Waals surface area contributed by atoms with Crippen LogP contribution < -0.4 is 5.43 Å². The zero-order chi connectivity index (χ0) is 16.4. The lowest BCUT2D eigenvalue weighted by Gasteiger charge is -2.01. The summed E-state index contributed by atoms with van der Waals surface area (Å²) < 4.78 is 1.06. The number of amides is 1. The largest absolute Gasteiger partial charge is 0.507 e. The Hall–Kier alpha value is -2.45. The summed E-state index contributed by atoms with van der Waals surface area (Å²) in [5.74, 6) is -0.190. The molecule has 0 saturated carbocycles. The number of H-pyrrole nitrogens is 2. The highest BCUT2D eigenvalue weighted by atomic mass is 79.9. The Morgan fingerprint density at radius 1 is 1.22 bits per heavy atom. The van der Waals surface area contributed by atoms with Gasteiger partial charge in [0.15, 0.2) is 4.77 Å². The SMILES string of the molecule is O=C(N/N=C\c1ccc(O)c(Br)c1)c1ccc2[nH]c(=S)[nH]c2c1. The molecule has 1 heterocycles. The maximum atomic E-state index is 12.1. The van der Waals surface area contributed by atoms with Crippen LogP contribution in [0.1, 0.15) is 15.9 Å². The molecule has 0 bridgehead atoms. The third kappa shape index (κ3) is 3.49. The number of benzene rings is 2. The molecule has 6 nitrogen and oxygen atoms in total. The van der Waals surface area contributed by atoms with E-state index in [-0.39, 0.29) is 11.7 Å². The predicted octanol–water partition coefficient (Wildman–Crippen LogP) is 3.46. The van der Waals surface area contributed by atoms with E-state index in [1.54, 1.807) is 30.3 Å². The number of halogens is 1. The van der Waals surface area contributed by atoms with Gasteiger partial charge in [-0.1, -0.05) is 0 Å². The first kappa shape index (κ1) is 15.4. The van der Waals surface area contributed by atoms with Crippen molar-refractivity contribution < 1.29 is 9.90 Å². The Morgan fingerprint density at radius 2 is 2.00 bits per heavy atom. The molecule has 1 amide bonds. The molecule has 2 aromatic carbocycles. The van der Waals surface area contributed by atoms with Gasteiger partial charge in [-0.25, -0.2) is 5.43 Å². The number of carbonyl (C=O) groups is 1. The lowest BCUT2D eigenvalue weighted by molar-refractivity contribution is 0.0955. The van der Waals surface area contributed by atoms with Crippen LogP contribution in [0.25, 0.3) is 11.0 Å². The number of nitrogens with one attached hydrogen (secondary N) is 3. The topological polar surface area (TPSA) is 93.3 Å².